The number of esters is 1. The van der Waals surface area contributed by atoms with E-state index < -0.39 is 11.4 Å². The molecule has 4 nitrogen and oxygen atoms in total. The number of para-hydroxylation sites is 1. The number of hydrogen-bond donors (Lipinski definition) is 1. The van der Waals surface area contributed by atoms with Crippen LogP contribution in [0.3, 0.4) is 0 Å². The van der Waals surface area contributed by atoms with E-state index in [0.29, 0.717) is 11.3 Å². The van der Waals surface area contributed by atoms with E-state index in [1.807, 2.05) is 44.2 Å². The largest absolute Gasteiger partial charge is 0.454 e. The van der Waals surface area contributed by atoms with E-state index >= 15 is 0 Å². The molecule has 0 saturated heterocycles. The molecule has 1 N–H and O–H groups in total. The molecular weight excluding hydrogens is 314 g/mol. The van der Waals surface area contributed by atoms with Crippen LogP contribution in [0.2, 0.25) is 0 Å². The molecule has 0 aromatic heterocycles. The monoisotopic (exact) mass is 339 g/mol. The highest BCUT2D eigenvalue weighted by molar-refractivity contribution is 5.98. The van der Waals surface area contributed by atoms with Crippen LogP contribution in [0.1, 0.15) is 42.3 Å². The molecule has 0 amide bonds. The van der Waals surface area contributed by atoms with Crippen LogP contribution in [0.15, 0.2) is 42.5 Å². The van der Waals surface area contributed by atoms with Crippen LogP contribution in [0.4, 0.5) is 11.4 Å². The van der Waals surface area contributed by atoms with Gasteiger partial charge in [-0.1, -0.05) is 45.0 Å². The van der Waals surface area contributed by atoms with Gasteiger partial charge in [0, 0.05) is 11.1 Å². The van der Waals surface area contributed by atoms with Crippen molar-refractivity contribution in [1.82, 2.24) is 0 Å². The van der Waals surface area contributed by atoms with Crippen molar-refractivity contribution in [1.29, 1.82) is 0 Å². The Morgan fingerprint density at radius 2 is 1.60 bits per heavy atom. The molecule has 2 rings (SSSR count). The number of aryl methyl sites for hydroxylation is 1. The summed E-state index contributed by atoms with van der Waals surface area (Å²) in [5, 5.41) is 3.29. The maximum atomic E-state index is 12.4. The second-order valence-electron chi connectivity index (χ2n) is 7.17. The van der Waals surface area contributed by atoms with Gasteiger partial charge in [0.05, 0.1) is 11.3 Å². The fourth-order valence-corrected chi connectivity index (χ4v) is 2.23. The van der Waals surface area contributed by atoms with Crippen molar-refractivity contribution in [2.45, 2.75) is 34.6 Å². The average molecular weight is 339 g/mol. The molecule has 0 saturated carbocycles. The molecule has 0 unspecified atom stereocenters. The molecule has 2 aromatic carbocycles. The maximum Gasteiger partial charge on any atom is 0.340 e. The third-order valence-electron chi connectivity index (χ3n) is 4.19. The summed E-state index contributed by atoms with van der Waals surface area (Å²) in [6, 6.07) is 13.1. The summed E-state index contributed by atoms with van der Waals surface area (Å²) in [5.41, 5.74) is 3.76. The maximum absolute atomic E-state index is 12.4. The smallest absolute Gasteiger partial charge is 0.340 e. The van der Waals surface area contributed by atoms with Gasteiger partial charge in [-0.05, 0) is 43.2 Å². The zero-order chi connectivity index (χ0) is 18.6. The molecule has 4 heteroatoms. The minimum absolute atomic E-state index is 0.110. The number of nitrogens with one attached hydrogen (secondary N) is 1. The number of rotatable bonds is 5. The molecule has 0 atom stereocenters. The molecule has 0 spiro atoms. The van der Waals surface area contributed by atoms with Crippen molar-refractivity contribution in [2.24, 2.45) is 5.41 Å². The van der Waals surface area contributed by atoms with Gasteiger partial charge in [-0.15, -0.1) is 0 Å². The number of carbonyl (C=O) groups excluding carboxylic acids is 2. The van der Waals surface area contributed by atoms with Crippen LogP contribution in [-0.2, 0) is 9.53 Å². The van der Waals surface area contributed by atoms with Gasteiger partial charge < -0.3 is 10.1 Å². The molecule has 0 aliphatic carbocycles. The van der Waals surface area contributed by atoms with E-state index in [1.54, 1.807) is 32.9 Å². The van der Waals surface area contributed by atoms with Crippen molar-refractivity contribution < 1.29 is 14.3 Å². The van der Waals surface area contributed by atoms with Crippen molar-refractivity contribution >= 4 is 23.1 Å². The standard InChI is InChI=1S/C21H25NO3/c1-14-9-8-12-17(15(14)2)22-18-11-7-6-10-16(18)20(24)25-13-19(23)21(3,4)5/h6-12,22H,13H2,1-5H3. The predicted octanol–water partition coefficient (Wildman–Crippen LogP) is 4.82. The van der Waals surface area contributed by atoms with Gasteiger partial charge >= 0.3 is 5.97 Å². The first-order valence-corrected chi connectivity index (χ1v) is 8.33. The van der Waals surface area contributed by atoms with E-state index in [-0.39, 0.29) is 12.4 Å². The molecule has 0 aliphatic heterocycles. The Morgan fingerprint density at radius 1 is 0.960 bits per heavy atom. The van der Waals surface area contributed by atoms with Crippen LogP contribution < -0.4 is 5.32 Å². The fourth-order valence-electron chi connectivity index (χ4n) is 2.23. The Kier molecular flexibility index (Phi) is 5.62. The first-order valence-electron chi connectivity index (χ1n) is 8.33. The highest BCUT2D eigenvalue weighted by atomic mass is 16.5. The minimum atomic E-state index is -0.531. The van der Waals surface area contributed by atoms with Crippen LogP contribution in [-0.4, -0.2) is 18.4 Å². The van der Waals surface area contributed by atoms with Gasteiger partial charge in [0.15, 0.2) is 12.4 Å². The van der Waals surface area contributed by atoms with Crippen LogP contribution in [0.5, 0.6) is 0 Å². The van der Waals surface area contributed by atoms with Gasteiger partial charge in [0.2, 0.25) is 0 Å². The first kappa shape index (κ1) is 18.7. The lowest BCUT2D eigenvalue weighted by Crippen LogP contribution is -2.26. The lowest BCUT2D eigenvalue weighted by Gasteiger charge is -2.17. The Labute approximate surface area is 149 Å². The zero-order valence-electron chi connectivity index (χ0n) is 15.5. The summed E-state index contributed by atoms with van der Waals surface area (Å²) in [7, 11) is 0. The summed E-state index contributed by atoms with van der Waals surface area (Å²) >= 11 is 0. The molecule has 132 valence electrons. The summed E-state index contributed by atoms with van der Waals surface area (Å²) in [4.78, 5) is 24.4. The topological polar surface area (TPSA) is 55.4 Å². The molecule has 0 bridgehead atoms. The zero-order valence-corrected chi connectivity index (χ0v) is 15.5. The van der Waals surface area contributed by atoms with Gasteiger partial charge in [-0.25, -0.2) is 4.79 Å². The van der Waals surface area contributed by atoms with E-state index in [2.05, 4.69) is 5.32 Å². The average Bonchev–Trinajstić information content (AvgIpc) is 2.56. The second-order valence-corrected chi connectivity index (χ2v) is 7.17. The number of Topliss-reactive ketones (excluding diaryl/α,β-unsaturated/α-hetero) is 1. The lowest BCUT2D eigenvalue weighted by atomic mass is 9.91. The number of ether oxygens (including phenoxy) is 1. The summed E-state index contributed by atoms with van der Waals surface area (Å²) in [6.07, 6.45) is 0. The van der Waals surface area contributed by atoms with E-state index in [4.69, 9.17) is 4.74 Å². The molecule has 25 heavy (non-hydrogen) atoms. The third kappa shape index (κ3) is 4.69. The Morgan fingerprint density at radius 3 is 2.28 bits per heavy atom. The third-order valence-corrected chi connectivity index (χ3v) is 4.19. The predicted molar refractivity (Wildman–Crippen MR) is 100 cm³/mol. The highest BCUT2D eigenvalue weighted by Gasteiger charge is 2.23. The first-order chi connectivity index (χ1) is 11.7. The minimum Gasteiger partial charge on any atom is -0.454 e. The normalized spacial score (nSPS) is 11.1. The summed E-state index contributed by atoms with van der Waals surface area (Å²) in [6.45, 7) is 9.26. The van der Waals surface area contributed by atoms with Crippen LogP contribution in [0, 0.1) is 19.3 Å². The van der Waals surface area contributed by atoms with E-state index in [1.165, 1.54) is 5.56 Å². The Balaban J connectivity index is 2.19. The number of anilines is 2. The van der Waals surface area contributed by atoms with Gasteiger partial charge in [-0.3, -0.25) is 4.79 Å². The molecule has 0 radical (unpaired) electrons. The Hall–Kier alpha value is -2.62. The van der Waals surface area contributed by atoms with Crippen LogP contribution >= 0.6 is 0 Å². The molecule has 0 fully saturated rings. The number of ketones is 1. The van der Waals surface area contributed by atoms with E-state index in [0.717, 1.165) is 11.3 Å². The fraction of sp³-hybridized carbons (Fsp3) is 0.333. The van der Waals surface area contributed by atoms with Crippen molar-refractivity contribution in [2.75, 3.05) is 11.9 Å². The number of carbonyl (C=O) groups is 2. The molecular formula is C21H25NO3. The SMILES string of the molecule is Cc1cccc(Nc2ccccc2C(=O)OCC(=O)C(C)(C)C)c1C. The van der Waals surface area contributed by atoms with Gasteiger partial charge in [0.1, 0.15) is 0 Å². The molecule has 0 heterocycles. The van der Waals surface area contributed by atoms with Crippen molar-refractivity contribution in [3.63, 3.8) is 0 Å². The highest BCUT2D eigenvalue weighted by Crippen LogP contribution is 2.26. The summed E-state index contributed by atoms with van der Waals surface area (Å²) < 4.78 is 5.22. The quantitative estimate of drug-likeness (QED) is 0.794. The molecule has 0 aliphatic rings. The van der Waals surface area contributed by atoms with Crippen LogP contribution in [0.25, 0.3) is 0 Å². The van der Waals surface area contributed by atoms with Crippen molar-refractivity contribution in [3.05, 3.63) is 59.2 Å². The van der Waals surface area contributed by atoms with Gasteiger partial charge in [-0.2, -0.15) is 0 Å². The lowest BCUT2D eigenvalue weighted by molar-refractivity contribution is -0.129. The van der Waals surface area contributed by atoms with E-state index in [9.17, 15) is 9.59 Å². The number of hydrogen-bond acceptors (Lipinski definition) is 4. The summed E-state index contributed by atoms with van der Waals surface area (Å²) in [5.74, 6) is -0.619. The number of benzene rings is 2. The second kappa shape index (κ2) is 7.51. The Bertz CT molecular complexity index is 788. The van der Waals surface area contributed by atoms with Gasteiger partial charge in [0.25, 0.3) is 0 Å². The molecule has 2 aromatic rings. The van der Waals surface area contributed by atoms with Crippen molar-refractivity contribution in [3.8, 4) is 0 Å².